The normalized spacial score (nSPS) is 11.9. The Balaban J connectivity index is 1.46. The lowest BCUT2D eigenvalue weighted by molar-refractivity contribution is -0.115. The first-order valence-electron chi connectivity index (χ1n) is 12.5. The quantitative estimate of drug-likeness (QED) is 0.127. The molecule has 0 saturated carbocycles. The average Bonchev–Trinajstić information content (AvgIpc) is 2.97. The van der Waals surface area contributed by atoms with Crippen LogP contribution in [-0.4, -0.2) is 23.0 Å². The summed E-state index contributed by atoms with van der Waals surface area (Å²) in [5.74, 6) is -2.16. The summed E-state index contributed by atoms with van der Waals surface area (Å²) in [5, 5.41) is 8.44. The van der Waals surface area contributed by atoms with Crippen LogP contribution in [0.25, 0.3) is 6.08 Å². The number of halogens is 4. The standard InChI is InChI=1S/C31H23Cl3FN3O3S/c1-18(29(39)37-27-16-20(32)10-15-25(27)34)42-22-13-11-21(12-14-22)36-31(41)28(17-23-24(33)8-5-9-26(23)35)38-30(40)19-6-3-2-4-7-19/h2-18H,1H3,(H,36,41)(H,37,39)(H,38,40)/b28-17-. The summed E-state index contributed by atoms with van der Waals surface area (Å²) in [5.41, 5.74) is 0.884. The van der Waals surface area contributed by atoms with Crippen molar-refractivity contribution in [1.82, 2.24) is 5.32 Å². The minimum absolute atomic E-state index is 0.0456. The Kier molecular flexibility index (Phi) is 10.7. The van der Waals surface area contributed by atoms with Gasteiger partial charge in [-0.15, -0.1) is 11.8 Å². The summed E-state index contributed by atoms with van der Waals surface area (Å²) in [7, 11) is 0. The van der Waals surface area contributed by atoms with Gasteiger partial charge in [0.1, 0.15) is 11.5 Å². The Morgan fingerprint density at radius 1 is 0.833 bits per heavy atom. The summed E-state index contributed by atoms with van der Waals surface area (Å²) >= 11 is 19.6. The fourth-order valence-electron chi connectivity index (χ4n) is 3.64. The molecule has 0 aliphatic heterocycles. The van der Waals surface area contributed by atoms with Gasteiger partial charge in [0.15, 0.2) is 0 Å². The van der Waals surface area contributed by atoms with Crippen LogP contribution < -0.4 is 16.0 Å². The molecule has 3 amide bonds. The molecule has 0 bridgehead atoms. The lowest BCUT2D eigenvalue weighted by Crippen LogP contribution is -2.30. The SMILES string of the molecule is CC(Sc1ccc(NC(=O)/C(=C/c2c(F)cccc2Cl)NC(=O)c2ccccc2)cc1)C(=O)Nc1cc(Cl)ccc1Cl. The first-order valence-corrected chi connectivity index (χ1v) is 14.5. The number of carbonyl (C=O) groups excluding carboxylic acids is 3. The molecule has 42 heavy (non-hydrogen) atoms. The van der Waals surface area contributed by atoms with Crippen molar-refractivity contribution in [2.75, 3.05) is 10.6 Å². The number of rotatable bonds is 9. The molecule has 4 aromatic carbocycles. The zero-order chi connectivity index (χ0) is 30.2. The maximum absolute atomic E-state index is 14.5. The van der Waals surface area contributed by atoms with Crippen LogP contribution >= 0.6 is 46.6 Å². The molecule has 4 rings (SSSR count). The van der Waals surface area contributed by atoms with Crippen LogP contribution in [0.15, 0.2) is 102 Å². The molecule has 11 heteroatoms. The Labute approximate surface area is 261 Å². The lowest BCUT2D eigenvalue weighted by Gasteiger charge is -2.14. The van der Waals surface area contributed by atoms with Crippen LogP contribution in [0.5, 0.6) is 0 Å². The Morgan fingerprint density at radius 2 is 1.55 bits per heavy atom. The monoisotopic (exact) mass is 641 g/mol. The highest BCUT2D eigenvalue weighted by molar-refractivity contribution is 8.00. The van der Waals surface area contributed by atoms with Crippen molar-refractivity contribution in [3.8, 4) is 0 Å². The predicted octanol–water partition coefficient (Wildman–Crippen LogP) is 8.31. The van der Waals surface area contributed by atoms with Gasteiger partial charge in [-0.3, -0.25) is 14.4 Å². The third-order valence-electron chi connectivity index (χ3n) is 5.80. The molecule has 3 N–H and O–H groups in total. The molecular formula is C31H23Cl3FN3O3S. The topological polar surface area (TPSA) is 87.3 Å². The van der Waals surface area contributed by atoms with Gasteiger partial charge in [-0.2, -0.15) is 0 Å². The molecule has 214 valence electrons. The fraction of sp³-hybridized carbons (Fsp3) is 0.0645. The van der Waals surface area contributed by atoms with Crippen LogP contribution in [0.4, 0.5) is 15.8 Å². The molecule has 0 heterocycles. The Morgan fingerprint density at radius 3 is 2.24 bits per heavy atom. The van der Waals surface area contributed by atoms with E-state index in [1.54, 1.807) is 79.7 Å². The molecule has 0 fully saturated rings. The molecule has 0 aromatic heterocycles. The summed E-state index contributed by atoms with van der Waals surface area (Å²) < 4.78 is 14.5. The zero-order valence-electron chi connectivity index (χ0n) is 22.0. The second kappa shape index (κ2) is 14.4. The van der Waals surface area contributed by atoms with E-state index in [4.69, 9.17) is 34.8 Å². The molecule has 1 atom stereocenters. The maximum atomic E-state index is 14.5. The number of amides is 3. The van der Waals surface area contributed by atoms with Crippen molar-refractivity contribution in [3.05, 3.63) is 129 Å². The highest BCUT2D eigenvalue weighted by atomic mass is 35.5. The third-order valence-corrected chi connectivity index (χ3v) is 7.80. The largest absolute Gasteiger partial charge is 0.324 e. The van der Waals surface area contributed by atoms with Gasteiger partial charge in [-0.05, 0) is 79.7 Å². The predicted molar refractivity (Wildman–Crippen MR) is 169 cm³/mol. The number of hydrogen-bond donors (Lipinski definition) is 3. The van der Waals surface area contributed by atoms with Crippen LogP contribution in [0, 0.1) is 5.82 Å². The molecule has 0 spiro atoms. The number of carbonyl (C=O) groups is 3. The van der Waals surface area contributed by atoms with Gasteiger partial charge in [0.05, 0.1) is 21.0 Å². The average molecular weight is 643 g/mol. The molecule has 0 saturated heterocycles. The fourth-order valence-corrected chi connectivity index (χ4v) is 5.06. The van der Waals surface area contributed by atoms with Crippen molar-refractivity contribution >= 4 is 81.7 Å². The zero-order valence-corrected chi connectivity index (χ0v) is 25.0. The second-order valence-corrected chi connectivity index (χ2v) is 11.5. The lowest BCUT2D eigenvalue weighted by atomic mass is 10.1. The van der Waals surface area contributed by atoms with E-state index in [1.165, 1.54) is 36.0 Å². The summed E-state index contributed by atoms with van der Waals surface area (Å²) in [6.45, 7) is 1.74. The van der Waals surface area contributed by atoms with Crippen LogP contribution in [0.1, 0.15) is 22.8 Å². The summed E-state index contributed by atoms with van der Waals surface area (Å²) in [6, 6.07) is 24.0. The smallest absolute Gasteiger partial charge is 0.272 e. The number of thioether (sulfide) groups is 1. The molecule has 4 aromatic rings. The molecular weight excluding hydrogens is 620 g/mol. The summed E-state index contributed by atoms with van der Waals surface area (Å²) in [4.78, 5) is 39.5. The number of hydrogen-bond acceptors (Lipinski definition) is 4. The third kappa shape index (κ3) is 8.36. The molecule has 0 aliphatic rings. The van der Waals surface area contributed by atoms with Crippen molar-refractivity contribution in [2.45, 2.75) is 17.1 Å². The first kappa shape index (κ1) is 31.1. The Bertz CT molecular complexity index is 1630. The van der Waals surface area contributed by atoms with Gasteiger partial charge >= 0.3 is 0 Å². The van der Waals surface area contributed by atoms with E-state index in [0.717, 1.165) is 4.90 Å². The van der Waals surface area contributed by atoms with E-state index in [0.29, 0.717) is 27.0 Å². The Hall–Kier alpha value is -3.82. The highest BCUT2D eigenvalue weighted by Crippen LogP contribution is 2.29. The van der Waals surface area contributed by atoms with E-state index in [-0.39, 0.29) is 22.2 Å². The van der Waals surface area contributed by atoms with E-state index in [1.807, 2.05) is 0 Å². The number of nitrogens with one attached hydrogen (secondary N) is 3. The van der Waals surface area contributed by atoms with Crippen LogP contribution in [-0.2, 0) is 9.59 Å². The van der Waals surface area contributed by atoms with Gasteiger partial charge in [-0.1, -0.05) is 59.1 Å². The van der Waals surface area contributed by atoms with Crippen molar-refractivity contribution in [2.24, 2.45) is 0 Å². The van der Waals surface area contributed by atoms with Crippen LogP contribution in [0.3, 0.4) is 0 Å². The van der Waals surface area contributed by atoms with Crippen molar-refractivity contribution in [1.29, 1.82) is 0 Å². The first-order chi connectivity index (χ1) is 20.1. The van der Waals surface area contributed by atoms with E-state index >= 15 is 0 Å². The molecule has 0 radical (unpaired) electrons. The minimum Gasteiger partial charge on any atom is -0.324 e. The van der Waals surface area contributed by atoms with Gasteiger partial charge in [0, 0.05) is 26.7 Å². The van der Waals surface area contributed by atoms with Crippen LogP contribution in [0.2, 0.25) is 15.1 Å². The molecule has 0 aliphatic carbocycles. The van der Waals surface area contributed by atoms with Crippen molar-refractivity contribution < 1.29 is 18.8 Å². The number of anilines is 2. The van der Waals surface area contributed by atoms with Crippen molar-refractivity contribution in [3.63, 3.8) is 0 Å². The van der Waals surface area contributed by atoms with E-state index in [9.17, 15) is 18.8 Å². The second-order valence-electron chi connectivity index (χ2n) is 8.87. The maximum Gasteiger partial charge on any atom is 0.272 e. The van der Waals surface area contributed by atoms with Gasteiger partial charge in [0.25, 0.3) is 11.8 Å². The van der Waals surface area contributed by atoms with Gasteiger partial charge in [0.2, 0.25) is 5.91 Å². The van der Waals surface area contributed by atoms with E-state index < -0.39 is 22.9 Å². The van der Waals surface area contributed by atoms with Gasteiger partial charge in [-0.25, -0.2) is 4.39 Å². The highest BCUT2D eigenvalue weighted by Gasteiger charge is 2.19. The molecule has 1 unspecified atom stereocenters. The number of benzene rings is 4. The summed E-state index contributed by atoms with van der Waals surface area (Å²) in [6.07, 6.45) is 1.19. The van der Waals surface area contributed by atoms with E-state index in [2.05, 4.69) is 16.0 Å². The molecule has 6 nitrogen and oxygen atoms in total. The van der Waals surface area contributed by atoms with Gasteiger partial charge < -0.3 is 16.0 Å². The minimum atomic E-state index is -0.690.